The molecule has 2 aliphatic rings. The number of amides is 4. The number of hydrogen-bond acceptors (Lipinski definition) is 4. The third-order valence-corrected chi connectivity index (χ3v) is 6.73. The van der Waals surface area contributed by atoms with Crippen molar-refractivity contribution in [3.63, 3.8) is 0 Å². The Morgan fingerprint density at radius 1 is 1.03 bits per heavy atom. The maximum absolute atomic E-state index is 13.4. The monoisotopic (exact) mass is 453 g/mol. The smallest absolute Gasteiger partial charge is 0.243 e. The zero-order chi connectivity index (χ0) is 24.0. The fraction of sp³-hybridized carbons (Fsp3) is 0.538. The number of fused-ring (bicyclic) bond motifs is 1. The van der Waals surface area contributed by atoms with Gasteiger partial charge in [0, 0.05) is 25.6 Å². The van der Waals surface area contributed by atoms with Crippen LogP contribution in [0.25, 0.3) is 0 Å². The van der Waals surface area contributed by atoms with Crippen molar-refractivity contribution >= 4 is 23.6 Å². The minimum atomic E-state index is -0.622. The first kappa shape index (κ1) is 24.7. The number of allylic oxidation sites excluding steroid dienone is 2. The molecular weight excluding hydrogens is 418 g/mol. The van der Waals surface area contributed by atoms with Crippen LogP contribution in [0.2, 0.25) is 0 Å². The molecule has 3 rings (SSSR count). The summed E-state index contributed by atoms with van der Waals surface area (Å²) in [6.07, 6.45) is 6.32. The molecule has 0 radical (unpaired) electrons. The molecule has 0 saturated carbocycles. The summed E-state index contributed by atoms with van der Waals surface area (Å²) in [5.41, 5.74) is 0.922. The first-order valence-electron chi connectivity index (χ1n) is 12.0. The Bertz CT molecular complexity index is 872. The van der Waals surface area contributed by atoms with Gasteiger partial charge in [-0.05, 0) is 38.2 Å². The molecule has 1 N–H and O–H groups in total. The highest BCUT2D eigenvalue weighted by atomic mass is 16.2. The number of carbonyl (C=O) groups is 4. The zero-order valence-corrected chi connectivity index (χ0v) is 19.8. The molecule has 33 heavy (non-hydrogen) atoms. The molecule has 4 atom stereocenters. The van der Waals surface area contributed by atoms with E-state index < -0.39 is 6.04 Å². The van der Waals surface area contributed by atoms with E-state index in [1.807, 2.05) is 63.3 Å². The van der Waals surface area contributed by atoms with Crippen molar-refractivity contribution in [2.75, 3.05) is 6.54 Å². The minimum Gasteiger partial charge on any atom is -0.352 e. The Morgan fingerprint density at radius 2 is 1.64 bits per heavy atom. The van der Waals surface area contributed by atoms with E-state index in [1.54, 1.807) is 4.90 Å². The summed E-state index contributed by atoms with van der Waals surface area (Å²) in [5.74, 6) is -1.39. The van der Waals surface area contributed by atoms with Crippen LogP contribution in [0, 0.1) is 11.8 Å². The summed E-state index contributed by atoms with van der Waals surface area (Å²) in [6.45, 7) is 6.17. The van der Waals surface area contributed by atoms with E-state index in [9.17, 15) is 19.2 Å². The summed E-state index contributed by atoms with van der Waals surface area (Å²) in [6, 6.07) is 8.93. The van der Waals surface area contributed by atoms with Crippen LogP contribution in [0.3, 0.4) is 0 Å². The van der Waals surface area contributed by atoms with E-state index in [0.717, 1.165) is 12.0 Å². The lowest BCUT2D eigenvalue weighted by atomic mass is 9.85. The van der Waals surface area contributed by atoms with Gasteiger partial charge in [0.1, 0.15) is 6.04 Å². The highest BCUT2D eigenvalue weighted by molar-refractivity contribution is 6.05. The van der Waals surface area contributed by atoms with Crippen molar-refractivity contribution in [1.29, 1.82) is 0 Å². The molecular formula is C26H35N3O4. The summed E-state index contributed by atoms with van der Waals surface area (Å²) in [4.78, 5) is 54.7. The van der Waals surface area contributed by atoms with E-state index in [-0.39, 0.29) is 54.5 Å². The molecule has 0 bridgehead atoms. The molecule has 7 heteroatoms. The second kappa shape index (κ2) is 11.3. The Morgan fingerprint density at radius 3 is 2.18 bits per heavy atom. The Labute approximate surface area is 196 Å². The van der Waals surface area contributed by atoms with Crippen molar-refractivity contribution in [1.82, 2.24) is 15.1 Å². The summed E-state index contributed by atoms with van der Waals surface area (Å²) in [7, 11) is 0. The highest BCUT2D eigenvalue weighted by Crippen LogP contribution is 2.35. The highest BCUT2D eigenvalue weighted by Gasteiger charge is 2.47. The fourth-order valence-electron chi connectivity index (χ4n) is 4.58. The summed E-state index contributed by atoms with van der Waals surface area (Å²) >= 11 is 0. The van der Waals surface area contributed by atoms with Gasteiger partial charge in [0.25, 0.3) is 0 Å². The average molecular weight is 454 g/mol. The summed E-state index contributed by atoms with van der Waals surface area (Å²) < 4.78 is 0. The topological polar surface area (TPSA) is 86.8 Å². The van der Waals surface area contributed by atoms with Gasteiger partial charge >= 0.3 is 0 Å². The van der Waals surface area contributed by atoms with E-state index in [4.69, 9.17) is 0 Å². The number of nitrogens with one attached hydrogen (secondary N) is 1. The molecule has 0 aromatic heterocycles. The van der Waals surface area contributed by atoms with Crippen molar-refractivity contribution in [2.45, 2.75) is 71.5 Å². The van der Waals surface area contributed by atoms with Crippen LogP contribution in [-0.2, 0) is 25.7 Å². The maximum atomic E-state index is 13.4. The minimum absolute atomic E-state index is 0.00426. The van der Waals surface area contributed by atoms with Gasteiger partial charge in [-0.2, -0.15) is 0 Å². The lowest BCUT2D eigenvalue weighted by Crippen LogP contribution is -2.51. The van der Waals surface area contributed by atoms with Gasteiger partial charge in [-0.25, -0.2) is 0 Å². The van der Waals surface area contributed by atoms with Crippen LogP contribution in [0.15, 0.2) is 42.5 Å². The van der Waals surface area contributed by atoms with Gasteiger partial charge < -0.3 is 10.2 Å². The van der Waals surface area contributed by atoms with Crippen molar-refractivity contribution in [3.8, 4) is 0 Å². The van der Waals surface area contributed by atoms with E-state index in [1.165, 1.54) is 4.90 Å². The van der Waals surface area contributed by atoms with Crippen molar-refractivity contribution in [2.24, 2.45) is 11.8 Å². The molecule has 1 aromatic rings. The molecule has 7 nitrogen and oxygen atoms in total. The first-order chi connectivity index (χ1) is 15.9. The second-order valence-electron chi connectivity index (χ2n) is 8.98. The Kier molecular flexibility index (Phi) is 8.42. The molecule has 0 spiro atoms. The van der Waals surface area contributed by atoms with Crippen LogP contribution in [-0.4, -0.2) is 52.1 Å². The van der Waals surface area contributed by atoms with Crippen molar-refractivity contribution in [3.05, 3.63) is 48.0 Å². The first-order valence-corrected chi connectivity index (χ1v) is 12.0. The van der Waals surface area contributed by atoms with Crippen LogP contribution < -0.4 is 5.32 Å². The van der Waals surface area contributed by atoms with Gasteiger partial charge in [0.05, 0.1) is 11.8 Å². The van der Waals surface area contributed by atoms with Gasteiger partial charge in [-0.15, -0.1) is 0 Å². The van der Waals surface area contributed by atoms with Gasteiger partial charge in [0.15, 0.2) is 0 Å². The van der Waals surface area contributed by atoms with E-state index >= 15 is 0 Å². The van der Waals surface area contributed by atoms with Crippen LogP contribution >= 0.6 is 0 Å². The predicted octanol–water partition coefficient (Wildman–Crippen LogP) is 3.05. The lowest BCUT2D eigenvalue weighted by molar-refractivity contribution is -0.144. The number of carbonyl (C=O) groups excluding carboxylic acids is 4. The predicted molar refractivity (Wildman–Crippen MR) is 126 cm³/mol. The zero-order valence-electron chi connectivity index (χ0n) is 19.8. The fourth-order valence-corrected chi connectivity index (χ4v) is 4.58. The second-order valence-corrected chi connectivity index (χ2v) is 8.98. The van der Waals surface area contributed by atoms with Crippen molar-refractivity contribution < 1.29 is 19.2 Å². The molecule has 1 aliphatic heterocycles. The molecule has 1 heterocycles. The quantitative estimate of drug-likeness (QED) is 0.436. The molecule has 1 saturated heterocycles. The Balaban J connectivity index is 1.73. The molecule has 1 fully saturated rings. The number of rotatable bonds is 10. The maximum Gasteiger partial charge on any atom is 0.243 e. The van der Waals surface area contributed by atoms with E-state index in [2.05, 4.69) is 5.32 Å². The largest absolute Gasteiger partial charge is 0.352 e. The molecule has 0 unspecified atom stereocenters. The van der Waals surface area contributed by atoms with Gasteiger partial charge in [-0.1, -0.05) is 56.3 Å². The molecule has 1 aromatic carbocycles. The van der Waals surface area contributed by atoms with E-state index in [0.29, 0.717) is 25.8 Å². The molecule has 4 amide bonds. The number of benzene rings is 1. The number of hydrogen-bond donors (Lipinski definition) is 1. The standard InChI is InChI=1S/C26H35N3O4/c1-4-18(3)27-24(31)22(5-2)29(17-19-11-7-6-8-12-19)23(30)15-16-28-25(32)20-13-9-10-14-21(20)26(28)33/h6-12,18,20-22H,4-5,13-17H2,1-3H3,(H,27,31)/t18-,20-,21+,22+/m0/s1. The van der Waals surface area contributed by atoms with Gasteiger partial charge in [0.2, 0.25) is 23.6 Å². The normalized spacial score (nSPS) is 21.5. The number of nitrogens with zero attached hydrogens (tertiary/aromatic N) is 2. The lowest BCUT2D eigenvalue weighted by Gasteiger charge is -2.32. The Hall–Kier alpha value is -2.96. The number of likely N-dealkylation sites (tertiary alicyclic amines) is 1. The van der Waals surface area contributed by atoms with Crippen LogP contribution in [0.4, 0.5) is 0 Å². The third kappa shape index (κ3) is 5.70. The molecule has 1 aliphatic carbocycles. The average Bonchev–Trinajstić information content (AvgIpc) is 3.07. The van der Waals surface area contributed by atoms with Crippen LogP contribution in [0.5, 0.6) is 0 Å². The number of imide groups is 1. The summed E-state index contributed by atoms with van der Waals surface area (Å²) in [5, 5.41) is 2.99. The third-order valence-electron chi connectivity index (χ3n) is 6.73. The van der Waals surface area contributed by atoms with Gasteiger partial charge in [-0.3, -0.25) is 24.1 Å². The SMILES string of the molecule is CC[C@H](C(=O)N[C@@H](C)CC)N(Cc1ccccc1)C(=O)CCN1C(=O)[C@H]2CC=CC[C@H]2C1=O. The molecule has 178 valence electrons. The van der Waals surface area contributed by atoms with Crippen LogP contribution in [0.1, 0.15) is 58.4 Å².